The number of rotatable bonds is 4. The molecule has 0 spiro atoms. The molecule has 0 aromatic carbocycles. The summed E-state index contributed by atoms with van der Waals surface area (Å²) < 4.78 is 10.4. The van der Waals surface area contributed by atoms with Crippen LogP contribution in [0.1, 0.15) is 13.8 Å². The standard InChI is InChI=1S/C6H15N2O3P/c1-4(3-12(10)11)8-6(9)5(2)7/h4-5,12H,3,7H2,1-2H3,(H,8,9)(H,10,11)/t4?,5-/m0/s1. The van der Waals surface area contributed by atoms with E-state index in [-0.39, 0.29) is 18.1 Å². The van der Waals surface area contributed by atoms with E-state index in [2.05, 4.69) is 5.32 Å². The lowest BCUT2D eigenvalue weighted by Gasteiger charge is -2.13. The fourth-order valence-corrected chi connectivity index (χ4v) is 1.31. The molecule has 4 N–H and O–H groups in total. The van der Waals surface area contributed by atoms with Crippen LogP contribution in [0.3, 0.4) is 0 Å². The number of hydrogen-bond acceptors (Lipinski definition) is 3. The topological polar surface area (TPSA) is 92.4 Å². The Hall–Kier alpha value is -0.380. The first-order valence-corrected chi connectivity index (χ1v) is 5.27. The maximum Gasteiger partial charge on any atom is 0.236 e. The van der Waals surface area contributed by atoms with Gasteiger partial charge in [-0.05, 0) is 13.8 Å². The summed E-state index contributed by atoms with van der Waals surface area (Å²) in [6, 6.07) is -0.867. The molecule has 0 radical (unpaired) electrons. The Balaban J connectivity index is 3.76. The first kappa shape index (κ1) is 11.6. The van der Waals surface area contributed by atoms with Crippen molar-refractivity contribution in [3.63, 3.8) is 0 Å². The van der Waals surface area contributed by atoms with Gasteiger partial charge in [0.2, 0.25) is 5.91 Å². The van der Waals surface area contributed by atoms with E-state index < -0.39 is 14.1 Å². The molecule has 2 unspecified atom stereocenters. The van der Waals surface area contributed by atoms with Crippen molar-refractivity contribution >= 4 is 13.9 Å². The van der Waals surface area contributed by atoms with Crippen LogP contribution in [0.15, 0.2) is 0 Å². The smallest absolute Gasteiger partial charge is 0.236 e. The number of carbonyl (C=O) groups is 1. The largest absolute Gasteiger partial charge is 0.352 e. The molecule has 0 rings (SSSR count). The quantitative estimate of drug-likeness (QED) is 0.516. The van der Waals surface area contributed by atoms with Gasteiger partial charge >= 0.3 is 0 Å². The highest BCUT2D eigenvalue weighted by atomic mass is 31.1. The summed E-state index contributed by atoms with van der Waals surface area (Å²) in [5, 5.41) is 2.51. The Morgan fingerprint density at radius 1 is 1.67 bits per heavy atom. The van der Waals surface area contributed by atoms with Crippen LogP contribution in [0.2, 0.25) is 0 Å². The summed E-state index contributed by atoms with van der Waals surface area (Å²) in [5.41, 5.74) is 5.27. The Morgan fingerprint density at radius 3 is 2.50 bits per heavy atom. The SMILES string of the molecule is CC(C[PH](=O)O)NC(=O)[C@H](C)N. The Morgan fingerprint density at radius 2 is 2.17 bits per heavy atom. The van der Waals surface area contributed by atoms with Crippen LogP contribution in [0.5, 0.6) is 0 Å². The van der Waals surface area contributed by atoms with Gasteiger partial charge in [0.05, 0.1) is 6.04 Å². The van der Waals surface area contributed by atoms with E-state index in [0.717, 1.165) is 0 Å². The first-order chi connectivity index (χ1) is 5.43. The maximum atomic E-state index is 10.9. The monoisotopic (exact) mass is 194 g/mol. The van der Waals surface area contributed by atoms with Crippen molar-refractivity contribution in [3.8, 4) is 0 Å². The summed E-state index contributed by atoms with van der Waals surface area (Å²) in [7, 11) is -2.51. The highest BCUT2D eigenvalue weighted by Crippen LogP contribution is 2.13. The van der Waals surface area contributed by atoms with Gasteiger partial charge in [0.25, 0.3) is 0 Å². The van der Waals surface area contributed by atoms with Crippen molar-refractivity contribution in [2.75, 3.05) is 6.16 Å². The van der Waals surface area contributed by atoms with Crippen LogP contribution < -0.4 is 11.1 Å². The molecule has 3 atom stereocenters. The fraction of sp³-hybridized carbons (Fsp3) is 0.833. The average Bonchev–Trinajstić information content (AvgIpc) is 1.84. The predicted octanol–water partition coefficient (Wildman–Crippen LogP) is -0.695. The van der Waals surface area contributed by atoms with E-state index in [1.54, 1.807) is 13.8 Å². The molecule has 6 heteroatoms. The van der Waals surface area contributed by atoms with Gasteiger partial charge in [0.15, 0.2) is 8.03 Å². The van der Waals surface area contributed by atoms with Gasteiger partial charge in [-0.25, -0.2) is 0 Å². The second kappa shape index (κ2) is 5.30. The van der Waals surface area contributed by atoms with Gasteiger partial charge in [0.1, 0.15) is 0 Å². The summed E-state index contributed by atoms with van der Waals surface area (Å²) in [6.45, 7) is 3.23. The van der Waals surface area contributed by atoms with Crippen molar-refractivity contribution in [3.05, 3.63) is 0 Å². The number of amides is 1. The molecule has 0 fully saturated rings. The van der Waals surface area contributed by atoms with Crippen LogP contribution in [-0.2, 0) is 9.36 Å². The van der Waals surface area contributed by atoms with Gasteiger partial charge in [-0.1, -0.05) is 0 Å². The molecule has 0 aromatic heterocycles. The summed E-state index contributed by atoms with van der Waals surface area (Å²) in [6.07, 6.45) is 0.100. The zero-order chi connectivity index (χ0) is 9.72. The van der Waals surface area contributed by atoms with Crippen molar-refractivity contribution in [1.82, 2.24) is 5.32 Å². The number of carbonyl (C=O) groups excluding carboxylic acids is 1. The minimum absolute atomic E-state index is 0.100. The van der Waals surface area contributed by atoms with Crippen LogP contribution in [0.25, 0.3) is 0 Å². The van der Waals surface area contributed by atoms with Gasteiger partial charge in [-0.2, -0.15) is 0 Å². The van der Waals surface area contributed by atoms with Gasteiger partial charge in [0, 0.05) is 12.2 Å². The molecule has 0 saturated carbocycles. The lowest BCUT2D eigenvalue weighted by molar-refractivity contribution is -0.122. The minimum atomic E-state index is -2.51. The van der Waals surface area contributed by atoms with E-state index in [4.69, 9.17) is 10.6 Å². The molecule has 0 bridgehead atoms. The molecular weight excluding hydrogens is 179 g/mol. The normalized spacial score (nSPS) is 18.0. The van der Waals surface area contributed by atoms with Crippen LogP contribution in [0, 0.1) is 0 Å². The summed E-state index contributed by atoms with van der Waals surface area (Å²) in [5.74, 6) is -0.300. The third kappa shape index (κ3) is 5.29. The van der Waals surface area contributed by atoms with Crippen molar-refractivity contribution in [2.24, 2.45) is 5.73 Å². The minimum Gasteiger partial charge on any atom is -0.352 e. The molecule has 0 heterocycles. The maximum absolute atomic E-state index is 10.9. The summed E-state index contributed by atoms with van der Waals surface area (Å²) >= 11 is 0. The van der Waals surface area contributed by atoms with Crippen molar-refractivity contribution in [1.29, 1.82) is 0 Å². The number of hydrogen-bond donors (Lipinski definition) is 3. The highest BCUT2D eigenvalue weighted by Gasteiger charge is 2.11. The molecular formula is C6H15N2O3P. The third-order valence-corrected chi connectivity index (χ3v) is 2.24. The Labute approximate surface area is 72.2 Å². The number of nitrogens with two attached hydrogens (primary N) is 1. The summed E-state index contributed by atoms with van der Waals surface area (Å²) in [4.78, 5) is 19.5. The Bertz CT molecular complexity index is 184. The average molecular weight is 194 g/mol. The van der Waals surface area contributed by atoms with Gasteiger partial charge < -0.3 is 15.9 Å². The van der Waals surface area contributed by atoms with E-state index >= 15 is 0 Å². The molecule has 0 aliphatic heterocycles. The molecule has 0 aliphatic carbocycles. The molecule has 0 aliphatic rings. The highest BCUT2D eigenvalue weighted by molar-refractivity contribution is 7.38. The van der Waals surface area contributed by atoms with E-state index in [0.29, 0.717) is 0 Å². The van der Waals surface area contributed by atoms with Gasteiger partial charge in [-0.15, -0.1) is 0 Å². The van der Waals surface area contributed by atoms with E-state index in [9.17, 15) is 9.36 Å². The Kier molecular flexibility index (Phi) is 5.13. The second-order valence-electron chi connectivity index (χ2n) is 2.80. The van der Waals surface area contributed by atoms with E-state index in [1.807, 2.05) is 0 Å². The molecule has 5 nitrogen and oxygen atoms in total. The lowest BCUT2D eigenvalue weighted by Crippen LogP contribution is -2.43. The van der Waals surface area contributed by atoms with Gasteiger partial charge in [-0.3, -0.25) is 9.36 Å². The predicted molar refractivity (Wildman–Crippen MR) is 47.3 cm³/mol. The molecule has 12 heavy (non-hydrogen) atoms. The van der Waals surface area contributed by atoms with Crippen LogP contribution in [0.4, 0.5) is 0 Å². The molecule has 0 aromatic rings. The molecule has 0 saturated heterocycles. The lowest BCUT2D eigenvalue weighted by atomic mass is 10.3. The zero-order valence-corrected chi connectivity index (χ0v) is 8.20. The fourth-order valence-electron chi connectivity index (χ4n) is 0.687. The molecule has 1 amide bonds. The van der Waals surface area contributed by atoms with Crippen molar-refractivity contribution < 1.29 is 14.3 Å². The first-order valence-electron chi connectivity index (χ1n) is 3.71. The van der Waals surface area contributed by atoms with Crippen LogP contribution >= 0.6 is 8.03 Å². The zero-order valence-electron chi connectivity index (χ0n) is 7.20. The van der Waals surface area contributed by atoms with E-state index in [1.165, 1.54) is 0 Å². The second-order valence-corrected chi connectivity index (χ2v) is 3.99. The van der Waals surface area contributed by atoms with Crippen LogP contribution in [-0.4, -0.2) is 29.0 Å². The third-order valence-electron chi connectivity index (χ3n) is 1.28. The van der Waals surface area contributed by atoms with Crippen molar-refractivity contribution in [2.45, 2.75) is 25.9 Å². The molecule has 72 valence electrons. The number of nitrogens with one attached hydrogen (secondary N) is 1.